The first-order valence-electron chi connectivity index (χ1n) is 22.3. The van der Waals surface area contributed by atoms with Crippen molar-refractivity contribution in [3.63, 3.8) is 0 Å². The second-order valence-corrected chi connectivity index (χ2v) is 17.2. The van der Waals surface area contributed by atoms with E-state index in [0.717, 1.165) is 50.8 Å². The summed E-state index contributed by atoms with van der Waals surface area (Å²) >= 11 is 0. The van der Waals surface area contributed by atoms with Crippen molar-refractivity contribution >= 4 is 43.6 Å². The predicted octanol–water partition coefficient (Wildman–Crippen LogP) is 15.9. The lowest BCUT2D eigenvalue weighted by Crippen LogP contribution is -1.98. The Morgan fingerprint density at radius 1 is 0.292 bits per heavy atom. The maximum absolute atomic E-state index is 5.12. The molecule has 0 aliphatic carbocycles. The van der Waals surface area contributed by atoms with Gasteiger partial charge in [0.2, 0.25) is 0 Å². The number of para-hydroxylation sites is 3. The van der Waals surface area contributed by atoms with Crippen LogP contribution in [-0.2, 0) is 0 Å². The Balaban J connectivity index is 0.853. The number of rotatable bonds is 7. The van der Waals surface area contributed by atoms with Crippen molar-refractivity contribution in [2.75, 3.05) is 0 Å². The van der Waals surface area contributed by atoms with Crippen molar-refractivity contribution in [1.29, 1.82) is 0 Å². The molecule has 308 valence electrons. The van der Waals surface area contributed by atoms with Gasteiger partial charge in [-0.2, -0.15) is 0 Å². The molecule has 65 heavy (non-hydrogen) atoms. The first-order chi connectivity index (χ1) is 32.0. The first kappa shape index (κ1) is 38.3. The molecule has 0 N–H and O–H groups in total. The molecule has 0 aliphatic rings. The number of aryl methyl sites for hydroxylation is 3. The molecule has 0 bridgehead atoms. The van der Waals surface area contributed by atoms with Gasteiger partial charge >= 0.3 is 0 Å². The van der Waals surface area contributed by atoms with E-state index < -0.39 is 0 Å². The van der Waals surface area contributed by atoms with E-state index in [1.54, 1.807) is 0 Å². The van der Waals surface area contributed by atoms with Gasteiger partial charge in [-0.25, -0.2) is 9.97 Å². The highest BCUT2D eigenvalue weighted by Crippen LogP contribution is 2.38. The number of fused-ring (bicyclic) bond motifs is 6. The van der Waals surface area contributed by atoms with Crippen molar-refractivity contribution in [3.8, 4) is 67.5 Å². The minimum Gasteiger partial charge on any atom is -0.309 e. The first-order valence-corrected chi connectivity index (χ1v) is 22.3. The van der Waals surface area contributed by atoms with Crippen LogP contribution in [-0.4, -0.2) is 19.1 Å². The van der Waals surface area contributed by atoms with Crippen LogP contribution in [0.4, 0.5) is 0 Å². The van der Waals surface area contributed by atoms with E-state index in [0.29, 0.717) is 0 Å². The zero-order valence-electron chi connectivity index (χ0n) is 36.5. The van der Waals surface area contributed by atoms with E-state index in [1.807, 2.05) is 0 Å². The van der Waals surface area contributed by atoms with Crippen LogP contribution in [0.3, 0.4) is 0 Å². The molecule has 0 spiro atoms. The molecular formula is C61H44N4. The number of benzene rings is 9. The number of aromatic nitrogens is 4. The average molecular weight is 833 g/mol. The van der Waals surface area contributed by atoms with Crippen LogP contribution in [0.15, 0.2) is 212 Å². The van der Waals surface area contributed by atoms with Gasteiger partial charge in [-0.3, -0.25) is 0 Å². The van der Waals surface area contributed by atoms with E-state index in [4.69, 9.17) is 9.97 Å². The van der Waals surface area contributed by atoms with Crippen LogP contribution in [0, 0.1) is 20.8 Å². The van der Waals surface area contributed by atoms with E-state index in [-0.39, 0.29) is 0 Å². The lowest BCUT2D eigenvalue weighted by atomic mass is 9.95. The molecule has 0 atom stereocenters. The summed E-state index contributed by atoms with van der Waals surface area (Å²) in [4.78, 5) is 10.2. The van der Waals surface area contributed by atoms with E-state index in [1.165, 1.54) is 77.0 Å². The van der Waals surface area contributed by atoms with Gasteiger partial charge in [0.15, 0.2) is 5.82 Å². The van der Waals surface area contributed by atoms with Gasteiger partial charge in [-0.15, -0.1) is 0 Å². The molecule has 0 radical (unpaired) electrons. The third-order valence-corrected chi connectivity index (χ3v) is 13.2. The third kappa shape index (κ3) is 6.53. The molecule has 0 unspecified atom stereocenters. The molecular weight excluding hydrogens is 789 g/mol. The van der Waals surface area contributed by atoms with Crippen molar-refractivity contribution < 1.29 is 0 Å². The van der Waals surface area contributed by atoms with E-state index in [2.05, 4.69) is 242 Å². The largest absolute Gasteiger partial charge is 0.309 e. The van der Waals surface area contributed by atoms with Crippen LogP contribution in [0.2, 0.25) is 0 Å². The maximum atomic E-state index is 5.12. The molecule has 4 nitrogen and oxygen atoms in total. The fourth-order valence-corrected chi connectivity index (χ4v) is 9.91. The normalized spacial score (nSPS) is 11.6. The number of nitrogens with zero attached hydrogens (tertiary/aromatic N) is 4. The Kier molecular flexibility index (Phi) is 9.13. The quantitative estimate of drug-likeness (QED) is 0.160. The van der Waals surface area contributed by atoms with Crippen molar-refractivity contribution in [2.45, 2.75) is 20.8 Å². The molecule has 12 aromatic rings. The zero-order valence-corrected chi connectivity index (χ0v) is 36.5. The van der Waals surface area contributed by atoms with Gasteiger partial charge < -0.3 is 9.13 Å². The summed E-state index contributed by atoms with van der Waals surface area (Å²) in [5.74, 6) is 0.738. The van der Waals surface area contributed by atoms with Gasteiger partial charge in [-0.05, 0) is 114 Å². The molecule has 0 saturated carbocycles. The molecule has 0 amide bonds. The van der Waals surface area contributed by atoms with E-state index in [9.17, 15) is 0 Å². The van der Waals surface area contributed by atoms with Gasteiger partial charge in [0, 0.05) is 49.6 Å². The highest BCUT2D eigenvalue weighted by molar-refractivity contribution is 6.12. The monoisotopic (exact) mass is 832 g/mol. The van der Waals surface area contributed by atoms with Gasteiger partial charge in [0.05, 0.1) is 33.5 Å². The topological polar surface area (TPSA) is 35.6 Å². The average Bonchev–Trinajstić information content (AvgIpc) is 3.87. The number of hydrogen-bond acceptors (Lipinski definition) is 2. The Morgan fingerprint density at radius 3 is 1.40 bits per heavy atom. The van der Waals surface area contributed by atoms with Crippen LogP contribution in [0.1, 0.15) is 16.7 Å². The second kappa shape index (κ2) is 15.5. The second-order valence-electron chi connectivity index (χ2n) is 17.2. The highest BCUT2D eigenvalue weighted by atomic mass is 15.0. The fourth-order valence-electron chi connectivity index (χ4n) is 9.91. The van der Waals surface area contributed by atoms with Gasteiger partial charge in [-0.1, -0.05) is 158 Å². The predicted molar refractivity (Wildman–Crippen MR) is 272 cm³/mol. The van der Waals surface area contributed by atoms with Crippen LogP contribution in [0.25, 0.3) is 111 Å². The van der Waals surface area contributed by atoms with E-state index >= 15 is 0 Å². The maximum Gasteiger partial charge on any atom is 0.160 e. The zero-order chi connectivity index (χ0) is 43.6. The molecule has 3 heterocycles. The highest BCUT2D eigenvalue weighted by Gasteiger charge is 2.18. The van der Waals surface area contributed by atoms with Crippen LogP contribution in [0.5, 0.6) is 0 Å². The van der Waals surface area contributed by atoms with Crippen molar-refractivity contribution in [3.05, 3.63) is 229 Å². The van der Waals surface area contributed by atoms with Crippen molar-refractivity contribution in [2.24, 2.45) is 0 Å². The number of hydrogen-bond donors (Lipinski definition) is 0. The minimum absolute atomic E-state index is 0.738. The molecule has 12 rings (SSSR count). The smallest absolute Gasteiger partial charge is 0.160 e. The lowest BCUT2D eigenvalue weighted by Gasteiger charge is -2.13. The Morgan fingerprint density at radius 2 is 0.769 bits per heavy atom. The van der Waals surface area contributed by atoms with Gasteiger partial charge in [0.25, 0.3) is 0 Å². The Labute approximate surface area is 378 Å². The summed E-state index contributed by atoms with van der Waals surface area (Å²) in [6.07, 6.45) is 0. The van der Waals surface area contributed by atoms with Crippen LogP contribution >= 0.6 is 0 Å². The molecule has 3 aromatic heterocycles. The summed E-state index contributed by atoms with van der Waals surface area (Å²) in [5, 5.41) is 5.01. The fraction of sp³-hybridized carbons (Fsp3) is 0.0492. The summed E-state index contributed by atoms with van der Waals surface area (Å²) in [7, 11) is 0. The molecule has 0 aliphatic heterocycles. The summed E-state index contributed by atoms with van der Waals surface area (Å²) < 4.78 is 4.80. The summed E-state index contributed by atoms with van der Waals surface area (Å²) in [6.45, 7) is 6.47. The molecule has 0 fully saturated rings. The lowest BCUT2D eigenvalue weighted by molar-refractivity contribution is 1.17. The van der Waals surface area contributed by atoms with Gasteiger partial charge in [0.1, 0.15) is 0 Å². The van der Waals surface area contributed by atoms with Crippen molar-refractivity contribution in [1.82, 2.24) is 19.1 Å². The summed E-state index contributed by atoms with van der Waals surface area (Å²) in [5.41, 5.74) is 20.5. The molecule has 9 aromatic carbocycles. The standard InChI is InChI=1S/C61H44N4/c1-39-14-4-6-16-49(39)56-38-55(62-61(63-56)50-17-7-5-15-40(50)2)44-26-24-42(25-27-44)45-30-34-48(41(3)36-45)43-28-31-46(32-29-43)64-59-23-13-10-20-53(59)54-37-47(33-35-60(54)64)65-57-21-11-8-18-51(57)52-19-9-12-22-58(52)65/h4-38H,1-3H3. The molecule has 0 saturated heterocycles. The molecule has 4 heteroatoms. The van der Waals surface area contributed by atoms with Crippen LogP contribution < -0.4 is 0 Å². The summed E-state index contributed by atoms with van der Waals surface area (Å²) in [6, 6.07) is 76.6. The third-order valence-electron chi connectivity index (χ3n) is 13.2. The Hall–Kier alpha value is -8.34. The SMILES string of the molecule is Cc1cc(-c2ccc(-c3cc(-c4ccccc4C)nc(-c4ccccc4C)n3)cc2)ccc1-c1ccc(-n2c3ccccc3c3cc(-n4c5ccccc5c5ccccc54)ccc32)cc1. The minimum atomic E-state index is 0.738. The Bertz CT molecular complexity index is 3680.